The van der Waals surface area contributed by atoms with Gasteiger partial charge in [0.05, 0.1) is 0 Å². The molecule has 0 saturated carbocycles. The van der Waals surface area contributed by atoms with Crippen LogP contribution in [-0.4, -0.2) is 26.2 Å². The Morgan fingerprint density at radius 2 is 1.42 bits per heavy atom. The fraction of sp³-hybridized carbons (Fsp3) is 0.765. The summed E-state index contributed by atoms with van der Waals surface area (Å²) in [6.07, 6.45) is 14.0. The van der Waals surface area contributed by atoms with Gasteiger partial charge in [0.1, 0.15) is 0 Å². The molecule has 0 aliphatic carbocycles. The van der Waals surface area contributed by atoms with E-state index in [-0.39, 0.29) is 5.76 Å². The number of rotatable bonds is 12. The molecule has 0 bridgehead atoms. The summed E-state index contributed by atoms with van der Waals surface area (Å²) in [5.41, 5.74) is 0. The Kier molecular flexibility index (Phi) is 11.9. The molecule has 1 N–H and O–H groups in total. The zero-order valence-electron chi connectivity index (χ0n) is 13.2. The molecule has 0 aromatic heterocycles. The van der Waals surface area contributed by atoms with Gasteiger partial charge in [0.25, 0.3) is 0 Å². The topological polar surface area (TPSA) is 20.2 Å². The van der Waals surface area contributed by atoms with Crippen molar-refractivity contribution in [2.45, 2.75) is 82.0 Å². The summed E-state index contributed by atoms with van der Waals surface area (Å²) < 4.78 is 2.92. The van der Waals surface area contributed by atoms with Crippen LogP contribution in [0.4, 0.5) is 0 Å². The van der Waals surface area contributed by atoms with Gasteiger partial charge in [0.15, 0.2) is 0 Å². The Morgan fingerprint density at radius 1 is 1.00 bits per heavy atom. The third kappa shape index (κ3) is 9.59. The molecular weight excluding hydrogens is 339 g/mol. The standard InChI is InChI=1S/C13H27.C4H5O.Sn/c1-4-7-10-13(11-8-5-2)12-9-6-3;1-3-4(2)5;/h4-12H2,1-3H3;1,3,5H,2H2;. The molecule has 0 rings (SSSR count). The predicted molar refractivity (Wildman–Crippen MR) is 87.9 cm³/mol. The molecule has 0 aliphatic heterocycles. The Hall–Kier alpha value is 0.0787. The van der Waals surface area contributed by atoms with Crippen LogP contribution >= 0.6 is 0 Å². The zero-order valence-corrected chi connectivity index (χ0v) is 16.0. The van der Waals surface area contributed by atoms with E-state index in [0.717, 1.165) is 0 Å². The van der Waals surface area contributed by atoms with Crippen molar-refractivity contribution in [2.24, 2.45) is 0 Å². The number of aliphatic hydroxyl groups is 1. The molecular formula is C17H32OSn. The van der Waals surface area contributed by atoms with Gasteiger partial charge in [0.2, 0.25) is 0 Å². The normalized spacial score (nSPS) is 12.2. The fourth-order valence-corrected chi connectivity index (χ4v) is 7.00. The molecule has 0 aromatic rings. The summed E-state index contributed by atoms with van der Waals surface area (Å²) >= 11 is -0.595. The van der Waals surface area contributed by atoms with Crippen molar-refractivity contribution in [3.8, 4) is 0 Å². The second-order valence-corrected chi connectivity index (χ2v) is 10.4. The van der Waals surface area contributed by atoms with Gasteiger partial charge in [0, 0.05) is 0 Å². The number of hydrogen-bond acceptors (Lipinski definition) is 1. The number of hydrogen-bond donors (Lipinski definition) is 1. The van der Waals surface area contributed by atoms with E-state index in [1.165, 1.54) is 57.8 Å². The van der Waals surface area contributed by atoms with Crippen LogP contribution in [0.1, 0.15) is 78.6 Å². The molecule has 1 nitrogen and oxygen atoms in total. The van der Waals surface area contributed by atoms with E-state index in [2.05, 4.69) is 31.4 Å². The monoisotopic (exact) mass is 372 g/mol. The number of aliphatic hydroxyl groups excluding tert-OH is 1. The first-order valence-electron chi connectivity index (χ1n) is 7.92. The summed E-state index contributed by atoms with van der Waals surface area (Å²) in [6.45, 7) is 10.4. The molecule has 0 heterocycles. The van der Waals surface area contributed by atoms with Crippen molar-refractivity contribution < 1.29 is 5.11 Å². The van der Waals surface area contributed by atoms with Crippen LogP contribution in [-0.2, 0) is 0 Å². The van der Waals surface area contributed by atoms with Crippen molar-refractivity contribution in [3.05, 3.63) is 22.5 Å². The molecule has 0 unspecified atom stereocenters. The molecule has 0 atom stereocenters. The van der Waals surface area contributed by atoms with E-state index in [1.54, 1.807) is 0 Å². The molecule has 0 aliphatic rings. The second kappa shape index (κ2) is 11.9. The molecule has 2 heteroatoms. The average Bonchev–Trinajstić information content (AvgIpc) is 2.39. The first kappa shape index (κ1) is 19.1. The van der Waals surface area contributed by atoms with Crippen molar-refractivity contribution in [3.63, 3.8) is 0 Å². The van der Waals surface area contributed by atoms with Crippen LogP contribution < -0.4 is 0 Å². The van der Waals surface area contributed by atoms with Crippen LogP contribution in [0.2, 0.25) is 3.43 Å². The number of unbranched alkanes of at least 4 members (excludes halogenated alkanes) is 3. The van der Waals surface area contributed by atoms with Crippen molar-refractivity contribution in [1.82, 2.24) is 0 Å². The van der Waals surface area contributed by atoms with Gasteiger partial charge in [-0.05, 0) is 0 Å². The molecule has 19 heavy (non-hydrogen) atoms. The Labute approximate surface area is 130 Å². The molecule has 0 aromatic carbocycles. The third-order valence-electron chi connectivity index (χ3n) is 3.69. The minimum atomic E-state index is -0.595. The number of allylic oxidation sites excluding steroid dienone is 1. The molecule has 0 fully saturated rings. The molecule has 110 valence electrons. The van der Waals surface area contributed by atoms with Crippen LogP contribution in [0.3, 0.4) is 0 Å². The fourth-order valence-electron chi connectivity index (χ4n) is 2.45. The SMILES string of the molecule is C=C(O)/C=[CH]/[Sn][C](CCCC)(CCCC)CCCC. The average molecular weight is 371 g/mol. The van der Waals surface area contributed by atoms with E-state index >= 15 is 0 Å². The van der Waals surface area contributed by atoms with Gasteiger partial charge in [-0.2, -0.15) is 0 Å². The summed E-state index contributed by atoms with van der Waals surface area (Å²) in [6, 6.07) is 0. The summed E-state index contributed by atoms with van der Waals surface area (Å²) in [5.74, 6) is 0.219. The van der Waals surface area contributed by atoms with Crippen LogP contribution in [0.15, 0.2) is 22.5 Å². The predicted octanol–water partition coefficient (Wildman–Crippen LogP) is 6.01. The van der Waals surface area contributed by atoms with E-state index in [4.69, 9.17) is 0 Å². The van der Waals surface area contributed by atoms with Gasteiger partial charge in [-0.1, -0.05) is 0 Å². The quantitative estimate of drug-likeness (QED) is 0.253. The Bertz CT molecular complexity index is 236. The summed E-state index contributed by atoms with van der Waals surface area (Å²) in [5, 5.41) is 9.22. The van der Waals surface area contributed by atoms with Gasteiger partial charge >= 0.3 is 131 Å². The van der Waals surface area contributed by atoms with E-state index in [1.807, 2.05) is 6.08 Å². The third-order valence-corrected chi connectivity index (χ3v) is 8.53. The van der Waals surface area contributed by atoms with Crippen LogP contribution in [0.5, 0.6) is 0 Å². The Balaban J connectivity index is 4.70. The maximum atomic E-state index is 9.22. The first-order chi connectivity index (χ1) is 9.10. The molecule has 0 amide bonds. The van der Waals surface area contributed by atoms with E-state index < -0.39 is 21.1 Å². The van der Waals surface area contributed by atoms with Gasteiger partial charge in [-0.25, -0.2) is 0 Å². The first-order valence-corrected chi connectivity index (χ1v) is 11.0. The van der Waals surface area contributed by atoms with Crippen molar-refractivity contribution in [1.29, 1.82) is 0 Å². The maximum absolute atomic E-state index is 9.22. The minimum absolute atomic E-state index is 0.219. The molecule has 0 saturated heterocycles. The second-order valence-electron chi connectivity index (χ2n) is 5.56. The van der Waals surface area contributed by atoms with E-state index in [9.17, 15) is 5.11 Å². The van der Waals surface area contributed by atoms with Crippen LogP contribution in [0.25, 0.3) is 0 Å². The van der Waals surface area contributed by atoms with Gasteiger partial charge in [-0.15, -0.1) is 0 Å². The summed E-state index contributed by atoms with van der Waals surface area (Å²) in [4.78, 5) is 0. The van der Waals surface area contributed by atoms with Crippen LogP contribution in [0, 0.1) is 0 Å². The molecule has 0 spiro atoms. The van der Waals surface area contributed by atoms with Crippen molar-refractivity contribution in [2.75, 3.05) is 0 Å². The van der Waals surface area contributed by atoms with E-state index in [0.29, 0.717) is 3.43 Å². The summed E-state index contributed by atoms with van der Waals surface area (Å²) in [7, 11) is 0. The zero-order chi connectivity index (χ0) is 14.6. The van der Waals surface area contributed by atoms with Gasteiger partial charge < -0.3 is 0 Å². The van der Waals surface area contributed by atoms with Crippen molar-refractivity contribution >= 4 is 21.1 Å². The Morgan fingerprint density at radius 3 is 1.74 bits per heavy atom. The molecule has 2 radical (unpaired) electrons. The van der Waals surface area contributed by atoms with Gasteiger partial charge in [-0.3, -0.25) is 0 Å².